The topological polar surface area (TPSA) is 12.5 Å². The van der Waals surface area contributed by atoms with Crippen LogP contribution in [0.2, 0.25) is 0 Å². The number of nitrogens with zero attached hydrogens (tertiary/aromatic N) is 1. The van der Waals surface area contributed by atoms with Crippen LogP contribution in [0.25, 0.3) is 0 Å². The third-order valence-corrected chi connectivity index (χ3v) is 4.61. The van der Waals surface area contributed by atoms with Crippen molar-refractivity contribution in [2.45, 2.75) is 44.1 Å². The monoisotopic (exact) mass is 245 g/mol. The first-order valence-corrected chi connectivity index (χ1v) is 7.26. The number of fused-ring (bicyclic) bond motifs is 1. The number of hydrogen-bond donors (Lipinski definition) is 0. The molecule has 0 radical (unpaired) electrons. The smallest absolute Gasteiger partial charge is 0.119 e. The zero-order valence-electron chi connectivity index (χ0n) is 11.3. The van der Waals surface area contributed by atoms with Gasteiger partial charge in [0.15, 0.2) is 0 Å². The molecule has 1 aromatic rings. The summed E-state index contributed by atoms with van der Waals surface area (Å²) in [5, 5.41) is 0. The minimum atomic E-state index is 0.717. The zero-order valence-corrected chi connectivity index (χ0v) is 11.3. The van der Waals surface area contributed by atoms with E-state index in [1.807, 2.05) is 6.07 Å². The molecule has 0 N–H and O–H groups in total. The number of rotatable bonds is 2. The lowest BCUT2D eigenvalue weighted by Crippen LogP contribution is -2.46. The van der Waals surface area contributed by atoms with Gasteiger partial charge in [-0.05, 0) is 62.4 Å². The van der Waals surface area contributed by atoms with E-state index in [9.17, 15) is 0 Å². The summed E-state index contributed by atoms with van der Waals surface area (Å²) >= 11 is 0. The van der Waals surface area contributed by atoms with Gasteiger partial charge in [-0.15, -0.1) is 0 Å². The van der Waals surface area contributed by atoms with Crippen LogP contribution in [0.15, 0.2) is 24.3 Å². The average molecular weight is 245 g/mol. The highest BCUT2D eigenvalue weighted by Gasteiger charge is 2.33. The second kappa shape index (κ2) is 5.31. The van der Waals surface area contributed by atoms with Crippen LogP contribution < -0.4 is 4.74 Å². The van der Waals surface area contributed by atoms with Crippen molar-refractivity contribution in [3.8, 4) is 5.75 Å². The Morgan fingerprint density at radius 1 is 1.11 bits per heavy atom. The van der Waals surface area contributed by atoms with Crippen molar-refractivity contribution in [2.24, 2.45) is 0 Å². The highest BCUT2D eigenvalue weighted by molar-refractivity contribution is 5.32. The van der Waals surface area contributed by atoms with E-state index in [0.717, 1.165) is 11.8 Å². The second-order valence-electron chi connectivity index (χ2n) is 5.62. The number of piperidine rings is 2. The first-order chi connectivity index (χ1) is 8.88. The molecular formula is C16H23NO. The van der Waals surface area contributed by atoms with E-state index in [0.29, 0.717) is 5.92 Å². The Labute approximate surface area is 110 Å². The van der Waals surface area contributed by atoms with Gasteiger partial charge >= 0.3 is 0 Å². The number of benzene rings is 1. The minimum absolute atomic E-state index is 0.717. The third-order valence-electron chi connectivity index (χ3n) is 4.61. The molecule has 0 aromatic heterocycles. The summed E-state index contributed by atoms with van der Waals surface area (Å²) in [4.78, 5) is 2.72. The first kappa shape index (κ1) is 12.0. The molecule has 2 nitrogen and oxygen atoms in total. The molecule has 0 spiro atoms. The van der Waals surface area contributed by atoms with E-state index in [1.54, 1.807) is 7.11 Å². The van der Waals surface area contributed by atoms with E-state index < -0.39 is 0 Å². The summed E-state index contributed by atoms with van der Waals surface area (Å²) in [6.45, 7) is 2.62. The normalized spacial score (nSPS) is 28.7. The number of ether oxygens (including phenoxy) is 1. The van der Waals surface area contributed by atoms with Crippen LogP contribution in [0, 0.1) is 0 Å². The molecule has 2 saturated heterocycles. The fraction of sp³-hybridized carbons (Fsp3) is 0.625. The van der Waals surface area contributed by atoms with E-state index >= 15 is 0 Å². The Morgan fingerprint density at radius 2 is 2.00 bits per heavy atom. The van der Waals surface area contributed by atoms with Gasteiger partial charge in [-0.1, -0.05) is 18.6 Å². The van der Waals surface area contributed by atoms with Crippen LogP contribution in [0.4, 0.5) is 0 Å². The fourth-order valence-corrected chi connectivity index (χ4v) is 3.72. The molecule has 0 saturated carbocycles. The first-order valence-electron chi connectivity index (χ1n) is 7.26. The third kappa shape index (κ3) is 2.26. The summed E-state index contributed by atoms with van der Waals surface area (Å²) in [7, 11) is 1.76. The lowest BCUT2D eigenvalue weighted by atomic mass is 9.79. The predicted octanol–water partition coefficient (Wildman–Crippen LogP) is 3.43. The van der Waals surface area contributed by atoms with Gasteiger partial charge < -0.3 is 4.74 Å². The van der Waals surface area contributed by atoms with Gasteiger partial charge in [0, 0.05) is 6.04 Å². The van der Waals surface area contributed by atoms with Gasteiger partial charge in [0.25, 0.3) is 0 Å². The van der Waals surface area contributed by atoms with Crippen molar-refractivity contribution < 1.29 is 4.74 Å². The standard InChI is InChI=1S/C16H23NO/c1-18-14-7-4-6-13(12-14)15-8-5-11-17-10-3-2-9-16(15)17/h4,6-7,12,15-16H,2-3,5,8-11H2,1H3/t15-,16+/m1/s1. The lowest BCUT2D eigenvalue weighted by molar-refractivity contribution is 0.0893. The highest BCUT2D eigenvalue weighted by Crippen LogP contribution is 2.38. The zero-order chi connectivity index (χ0) is 12.4. The van der Waals surface area contributed by atoms with Gasteiger partial charge in [-0.2, -0.15) is 0 Å². The van der Waals surface area contributed by atoms with Crippen molar-refractivity contribution in [1.29, 1.82) is 0 Å². The van der Waals surface area contributed by atoms with Crippen molar-refractivity contribution >= 4 is 0 Å². The van der Waals surface area contributed by atoms with Crippen LogP contribution in [0.1, 0.15) is 43.6 Å². The van der Waals surface area contributed by atoms with Crippen molar-refractivity contribution in [2.75, 3.05) is 20.2 Å². The van der Waals surface area contributed by atoms with Crippen LogP contribution in [-0.2, 0) is 0 Å². The maximum atomic E-state index is 5.37. The van der Waals surface area contributed by atoms with Crippen molar-refractivity contribution in [3.05, 3.63) is 29.8 Å². The fourth-order valence-electron chi connectivity index (χ4n) is 3.72. The number of hydrogen-bond acceptors (Lipinski definition) is 2. The molecule has 1 aromatic carbocycles. The quantitative estimate of drug-likeness (QED) is 0.791. The van der Waals surface area contributed by atoms with Crippen LogP contribution >= 0.6 is 0 Å². The van der Waals surface area contributed by atoms with Gasteiger partial charge in [0.2, 0.25) is 0 Å². The maximum Gasteiger partial charge on any atom is 0.119 e. The minimum Gasteiger partial charge on any atom is -0.497 e. The molecule has 2 heteroatoms. The second-order valence-corrected chi connectivity index (χ2v) is 5.62. The molecule has 98 valence electrons. The summed E-state index contributed by atoms with van der Waals surface area (Å²) in [6.07, 6.45) is 6.86. The molecule has 0 aliphatic carbocycles. The van der Waals surface area contributed by atoms with E-state index in [1.165, 1.54) is 50.8 Å². The average Bonchev–Trinajstić information content (AvgIpc) is 2.47. The summed E-state index contributed by atoms with van der Waals surface area (Å²) in [5.41, 5.74) is 1.48. The maximum absolute atomic E-state index is 5.37. The SMILES string of the molecule is COc1cccc([C@H]2CCCN3CCCC[C@@H]23)c1. The number of methoxy groups -OCH3 is 1. The molecular weight excluding hydrogens is 222 g/mol. The Morgan fingerprint density at radius 3 is 2.89 bits per heavy atom. The Hall–Kier alpha value is -1.02. The summed E-state index contributed by atoms with van der Waals surface area (Å²) in [5.74, 6) is 1.72. The molecule has 2 heterocycles. The molecule has 3 rings (SSSR count). The van der Waals surface area contributed by atoms with E-state index in [-0.39, 0.29) is 0 Å². The predicted molar refractivity (Wildman–Crippen MR) is 74.2 cm³/mol. The summed E-state index contributed by atoms with van der Waals surface area (Å²) < 4.78 is 5.37. The van der Waals surface area contributed by atoms with Crippen molar-refractivity contribution in [1.82, 2.24) is 4.90 Å². The van der Waals surface area contributed by atoms with Gasteiger partial charge in [-0.25, -0.2) is 0 Å². The molecule has 0 unspecified atom stereocenters. The summed E-state index contributed by atoms with van der Waals surface area (Å²) in [6, 6.07) is 9.48. The molecule has 0 bridgehead atoms. The molecule has 0 amide bonds. The van der Waals surface area contributed by atoms with Crippen LogP contribution in [0.3, 0.4) is 0 Å². The molecule has 18 heavy (non-hydrogen) atoms. The van der Waals surface area contributed by atoms with Crippen LogP contribution in [0.5, 0.6) is 5.75 Å². The van der Waals surface area contributed by atoms with E-state index in [4.69, 9.17) is 4.74 Å². The Kier molecular flexibility index (Phi) is 3.55. The van der Waals surface area contributed by atoms with E-state index in [2.05, 4.69) is 23.1 Å². The van der Waals surface area contributed by atoms with Gasteiger partial charge in [0.1, 0.15) is 5.75 Å². The molecule has 2 fully saturated rings. The van der Waals surface area contributed by atoms with Gasteiger partial charge in [0.05, 0.1) is 7.11 Å². The molecule has 2 aliphatic heterocycles. The Balaban J connectivity index is 1.84. The highest BCUT2D eigenvalue weighted by atomic mass is 16.5. The molecule has 2 atom stereocenters. The van der Waals surface area contributed by atoms with Crippen molar-refractivity contribution in [3.63, 3.8) is 0 Å². The Bertz CT molecular complexity index is 402. The largest absolute Gasteiger partial charge is 0.497 e. The molecule has 2 aliphatic rings. The van der Waals surface area contributed by atoms with Gasteiger partial charge in [-0.3, -0.25) is 4.90 Å². The van der Waals surface area contributed by atoms with Crippen LogP contribution in [-0.4, -0.2) is 31.1 Å². The lowest BCUT2D eigenvalue weighted by Gasteiger charge is -2.44.